The summed E-state index contributed by atoms with van der Waals surface area (Å²) < 4.78 is 6.31. The zero-order valence-corrected chi connectivity index (χ0v) is 14.4. The summed E-state index contributed by atoms with van der Waals surface area (Å²) in [6, 6.07) is 16.3. The van der Waals surface area contributed by atoms with E-state index in [0.717, 1.165) is 32.4 Å². The number of nitrogens with zero attached hydrogens (tertiary/aromatic N) is 1. The van der Waals surface area contributed by atoms with Gasteiger partial charge in [-0.2, -0.15) is 0 Å². The molecule has 0 aliphatic rings. The van der Waals surface area contributed by atoms with Gasteiger partial charge in [0.15, 0.2) is 5.16 Å². The maximum atomic E-state index is 5.24. The first-order valence-electron chi connectivity index (χ1n) is 6.81. The normalized spacial score (nSPS) is 10.6. The molecule has 0 radical (unpaired) electrons. The summed E-state index contributed by atoms with van der Waals surface area (Å²) in [6.45, 7) is 0. The van der Waals surface area contributed by atoms with Crippen molar-refractivity contribution in [3.05, 3.63) is 64.8 Å². The highest BCUT2D eigenvalue weighted by Gasteiger charge is 2.05. The minimum atomic E-state index is 0.852. The second-order valence-corrected chi connectivity index (χ2v) is 6.63. The lowest BCUT2D eigenvalue weighted by atomic mass is 10.2. The van der Waals surface area contributed by atoms with Crippen LogP contribution in [0.5, 0.6) is 5.75 Å². The molecule has 0 aliphatic heterocycles. The van der Waals surface area contributed by atoms with Crippen LogP contribution in [0.25, 0.3) is 11.3 Å². The molecule has 0 bridgehead atoms. The largest absolute Gasteiger partial charge is 0.497 e. The summed E-state index contributed by atoms with van der Waals surface area (Å²) in [5.41, 5.74) is 3.37. The maximum absolute atomic E-state index is 5.24. The summed E-state index contributed by atoms with van der Waals surface area (Å²) in [7, 11) is 1.68. The summed E-state index contributed by atoms with van der Waals surface area (Å²) in [6.07, 6.45) is 1.87. The minimum absolute atomic E-state index is 0.852. The van der Waals surface area contributed by atoms with Crippen molar-refractivity contribution in [2.24, 2.45) is 0 Å². The van der Waals surface area contributed by atoms with E-state index in [2.05, 4.69) is 44.1 Å². The molecule has 0 saturated carbocycles. The first-order valence-corrected chi connectivity index (χ1v) is 8.59. The van der Waals surface area contributed by atoms with Gasteiger partial charge in [-0.15, -0.1) is 0 Å². The molecule has 1 heterocycles. The fourth-order valence-corrected chi connectivity index (χ4v) is 3.12. The Bertz CT molecular complexity index is 755. The Morgan fingerprint density at radius 3 is 2.77 bits per heavy atom. The summed E-state index contributed by atoms with van der Waals surface area (Å²) in [5, 5.41) is 0.917. The van der Waals surface area contributed by atoms with Gasteiger partial charge in [-0.3, -0.25) is 0 Å². The second-order valence-electron chi connectivity index (χ2n) is 4.75. The highest BCUT2D eigenvalue weighted by Crippen LogP contribution is 2.26. The van der Waals surface area contributed by atoms with E-state index in [1.54, 1.807) is 18.9 Å². The van der Waals surface area contributed by atoms with E-state index >= 15 is 0 Å². The molecule has 3 rings (SSSR count). The Hall–Kier alpha value is -1.72. The number of hydrogen-bond donors (Lipinski definition) is 1. The standard InChI is InChI=1S/C17H15BrN2OS/c1-21-15-4-2-3-12(9-15)11-22-17-19-10-16(20-17)13-5-7-14(18)8-6-13/h2-10H,11H2,1H3,(H,19,20). The summed E-state index contributed by atoms with van der Waals surface area (Å²) >= 11 is 5.13. The first-order chi connectivity index (χ1) is 10.7. The Morgan fingerprint density at radius 2 is 2.00 bits per heavy atom. The Morgan fingerprint density at radius 1 is 1.18 bits per heavy atom. The molecule has 5 heteroatoms. The lowest BCUT2D eigenvalue weighted by Gasteiger charge is -2.03. The molecule has 1 N–H and O–H groups in total. The number of thioether (sulfide) groups is 1. The molecule has 0 unspecified atom stereocenters. The van der Waals surface area contributed by atoms with Crippen LogP contribution in [-0.2, 0) is 5.75 Å². The number of ether oxygens (including phenoxy) is 1. The lowest BCUT2D eigenvalue weighted by molar-refractivity contribution is 0.414. The number of benzene rings is 2. The summed E-state index contributed by atoms with van der Waals surface area (Å²) in [4.78, 5) is 7.79. The van der Waals surface area contributed by atoms with Crippen molar-refractivity contribution in [1.82, 2.24) is 9.97 Å². The molecule has 0 amide bonds. The first kappa shape index (κ1) is 15.2. The van der Waals surface area contributed by atoms with Crippen LogP contribution in [0.2, 0.25) is 0 Å². The van der Waals surface area contributed by atoms with Crippen LogP contribution in [0.15, 0.2) is 64.4 Å². The molecule has 1 aromatic heterocycles. The molecule has 0 saturated heterocycles. The van der Waals surface area contributed by atoms with Gasteiger partial charge in [-0.1, -0.05) is 52.0 Å². The van der Waals surface area contributed by atoms with Gasteiger partial charge >= 0.3 is 0 Å². The van der Waals surface area contributed by atoms with E-state index in [-0.39, 0.29) is 0 Å². The van der Waals surface area contributed by atoms with Gasteiger partial charge in [0, 0.05) is 10.2 Å². The number of methoxy groups -OCH3 is 1. The van der Waals surface area contributed by atoms with Crippen LogP contribution >= 0.6 is 27.7 Å². The van der Waals surface area contributed by atoms with Gasteiger partial charge in [-0.05, 0) is 35.4 Å². The second kappa shape index (κ2) is 7.03. The number of rotatable bonds is 5. The van der Waals surface area contributed by atoms with Gasteiger partial charge in [0.1, 0.15) is 5.75 Å². The van der Waals surface area contributed by atoms with Crippen molar-refractivity contribution in [2.45, 2.75) is 10.9 Å². The van der Waals surface area contributed by atoms with E-state index in [9.17, 15) is 0 Å². The fourth-order valence-electron chi connectivity index (χ4n) is 2.07. The fraction of sp³-hybridized carbons (Fsp3) is 0.118. The molecule has 0 aliphatic carbocycles. The van der Waals surface area contributed by atoms with Crippen LogP contribution in [0.3, 0.4) is 0 Å². The third kappa shape index (κ3) is 3.72. The van der Waals surface area contributed by atoms with Gasteiger partial charge in [0.25, 0.3) is 0 Å². The van der Waals surface area contributed by atoms with E-state index < -0.39 is 0 Å². The number of hydrogen-bond acceptors (Lipinski definition) is 3. The average Bonchev–Trinajstić information content (AvgIpc) is 3.03. The molecule has 3 aromatic rings. The van der Waals surface area contributed by atoms with Crippen molar-refractivity contribution in [1.29, 1.82) is 0 Å². The van der Waals surface area contributed by atoms with Crippen LogP contribution in [-0.4, -0.2) is 17.1 Å². The zero-order chi connectivity index (χ0) is 15.4. The van der Waals surface area contributed by atoms with Gasteiger partial charge in [0.05, 0.1) is 19.0 Å². The van der Waals surface area contributed by atoms with Crippen molar-refractivity contribution < 1.29 is 4.74 Å². The molecule has 0 spiro atoms. The molecule has 112 valence electrons. The van der Waals surface area contributed by atoms with E-state index in [1.807, 2.05) is 36.5 Å². The molecule has 22 heavy (non-hydrogen) atoms. The van der Waals surface area contributed by atoms with Gasteiger partial charge < -0.3 is 9.72 Å². The van der Waals surface area contributed by atoms with Crippen molar-refractivity contribution in [2.75, 3.05) is 7.11 Å². The molecular formula is C17H15BrN2OS. The Kier molecular flexibility index (Phi) is 4.85. The number of H-pyrrole nitrogens is 1. The maximum Gasteiger partial charge on any atom is 0.166 e. The van der Waals surface area contributed by atoms with Crippen LogP contribution < -0.4 is 4.74 Å². The molecule has 2 aromatic carbocycles. The van der Waals surface area contributed by atoms with Crippen LogP contribution in [0.1, 0.15) is 5.56 Å². The predicted molar refractivity (Wildman–Crippen MR) is 94.3 cm³/mol. The Balaban J connectivity index is 1.67. The van der Waals surface area contributed by atoms with Crippen molar-refractivity contribution in [3.63, 3.8) is 0 Å². The molecular weight excluding hydrogens is 360 g/mol. The molecule has 3 nitrogen and oxygen atoms in total. The molecule has 0 atom stereocenters. The van der Waals surface area contributed by atoms with Crippen molar-refractivity contribution >= 4 is 27.7 Å². The van der Waals surface area contributed by atoms with Gasteiger partial charge in [-0.25, -0.2) is 4.98 Å². The number of aromatic nitrogens is 2. The molecule has 0 fully saturated rings. The third-order valence-electron chi connectivity index (χ3n) is 3.22. The average molecular weight is 375 g/mol. The highest BCUT2D eigenvalue weighted by molar-refractivity contribution is 9.10. The zero-order valence-electron chi connectivity index (χ0n) is 12.0. The Labute approximate surface area is 142 Å². The van der Waals surface area contributed by atoms with E-state index in [1.165, 1.54) is 5.56 Å². The van der Waals surface area contributed by atoms with E-state index in [0.29, 0.717) is 0 Å². The summed E-state index contributed by atoms with van der Waals surface area (Å²) in [5.74, 6) is 1.73. The third-order valence-corrected chi connectivity index (χ3v) is 4.70. The van der Waals surface area contributed by atoms with Crippen LogP contribution in [0.4, 0.5) is 0 Å². The van der Waals surface area contributed by atoms with E-state index in [4.69, 9.17) is 4.74 Å². The smallest absolute Gasteiger partial charge is 0.166 e. The highest BCUT2D eigenvalue weighted by atomic mass is 79.9. The van der Waals surface area contributed by atoms with Crippen molar-refractivity contribution in [3.8, 4) is 17.0 Å². The number of aromatic amines is 1. The SMILES string of the molecule is COc1cccc(CSc2ncc(-c3ccc(Br)cc3)[nH]2)c1. The van der Waals surface area contributed by atoms with Gasteiger partial charge in [0.2, 0.25) is 0 Å². The topological polar surface area (TPSA) is 37.9 Å². The number of nitrogens with one attached hydrogen (secondary N) is 1. The predicted octanol–water partition coefficient (Wildman–Crippen LogP) is 5.14. The minimum Gasteiger partial charge on any atom is -0.497 e. The quantitative estimate of drug-likeness (QED) is 0.628. The van der Waals surface area contributed by atoms with Crippen LogP contribution in [0, 0.1) is 0 Å². The lowest BCUT2D eigenvalue weighted by Crippen LogP contribution is -1.86. The monoisotopic (exact) mass is 374 g/mol. The number of halogens is 1. The number of imidazole rings is 1.